The fourth-order valence-corrected chi connectivity index (χ4v) is 5.59. The Labute approximate surface area is 192 Å². The number of rotatable bonds is 6. The molecule has 0 saturated carbocycles. The molecule has 1 saturated heterocycles. The summed E-state index contributed by atoms with van der Waals surface area (Å²) in [6.07, 6.45) is 6.17. The number of benzene rings is 1. The van der Waals surface area contributed by atoms with Crippen molar-refractivity contribution in [3.05, 3.63) is 54.0 Å². The third-order valence-corrected chi connectivity index (χ3v) is 7.37. The molecule has 3 aromatic rings. The first-order valence-electron chi connectivity index (χ1n) is 11.4. The Kier molecular flexibility index (Phi) is 5.95. The van der Waals surface area contributed by atoms with Crippen molar-refractivity contribution in [2.24, 2.45) is 0 Å². The first-order valence-corrected chi connectivity index (χ1v) is 12.3. The lowest BCUT2D eigenvalue weighted by Crippen LogP contribution is -2.40. The van der Waals surface area contributed by atoms with Crippen molar-refractivity contribution < 1.29 is 9.21 Å². The fourth-order valence-electron chi connectivity index (χ4n) is 4.70. The summed E-state index contributed by atoms with van der Waals surface area (Å²) >= 11 is 1.48. The number of amides is 1. The van der Waals surface area contributed by atoms with Crippen LogP contribution in [0.2, 0.25) is 0 Å². The molecule has 2 aromatic heterocycles. The van der Waals surface area contributed by atoms with E-state index in [0.717, 1.165) is 54.9 Å². The number of hydrogen-bond acceptors (Lipinski definition) is 6. The van der Waals surface area contributed by atoms with E-state index in [-0.39, 0.29) is 17.2 Å². The van der Waals surface area contributed by atoms with E-state index in [1.807, 2.05) is 42.2 Å². The van der Waals surface area contributed by atoms with E-state index < -0.39 is 0 Å². The van der Waals surface area contributed by atoms with Crippen molar-refractivity contribution in [3.63, 3.8) is 0 Å². The van der Waals surface area contributed by atoms with Gasteiger partial charge >= 0.3 is 0 Å². The number of furan rings is 1. The number of carbonyl (C=O) groups is 1. The average molecular weight is 452 g/mol. The minimum absolute atomic E-state index is 0.111. The zero-order valence-corrected chi connectivity index (χ0v) is 19.4. The van der Waals surface area contributed by atoms with Crippen molar-refractivity contribution in [1.29, 1.82) is 0 Å². The van der Waals surface area contributed by atoms with Crippen LogP contribution in [0.15, 0.2) is 52.2 Å². The Morgan fingerprint density at radius 1 is 1.16 bits per heavy atom. The fraction of sp³-hybridized carbons (Fsp3) is 0.458. The summed E-state index contributed by atoms with van der Waals surface area (Å²) in [4.78, 5) is 17.7. The molecule has 8 heteroatoms. The van der Waals surface area contributed by atoms with E-state index >= 15 is 0 Å². The summed E-state index contributed by atoms with van der Waals surface area (Å²) in [5.74, 6) is 1.83. The molecule has 7 nitrogen and oxygen atoms in total. The molecule has 5 rings (SSSR count). The predicted octanol–water partition coefficient (Wildman–Crippen LogP) is 4.37. The molecule has 0 aliphatic carbocycles. The Morgan fingerprint density at radius 2 is 1.97 bits per heavy atom. The molecule has 2 aliphatic heterocycles. The summed E-state index contributed by atoms with van der Waals surface area (Å²) in [6, 6.07) is 12.2. The van der Waals surface area contributed by atoms with Crippen LogP contribution in [0.3, 0.4) is 0 Å². The van der Waals surface area contributed by atoms with Crippen molar-refractivity contribution in [1.82, 2.24) is 14.8 Å². The molecule has 0 unspecified atom stereocenters. The lowest BCUT2D eigenvalue weighted by atomic mass is 10.1. The molecule has 32 heavy (non-hydrogen) atoms. The van der Waals surface area contributed by atoms with Crippen LogP contribution in [0, 0.1) is 0 Å². The van der Waals surface area contributed by atoms with Gasteiger partial charge in [0.15, 0.2) is 5.16 Å². The number of thioether (sulfide) groups is 1. The van der Waals surface area contributed by atoms with Gasteiger partial charge in [-0.2, -0.15) is 0 Å². The highest BCUT2D eigenvalue weighted by Crippen LogP contribution is 2.35. The monoisotopic (exact) mass is 451 g/mol. The highest BCUT2D eigenvalue weighted by atomic mass is 32.2. The van der Waals surface area contributed by atoms with Gasteiger partial charge in [-0.15, -0.1) is 10.2 Å². The van der Waals surface area contributed by atoms with Crippen LogP contribution < -0.4 is 9.80 Å². The number of hydrogen-bond donors (Lipinski definition) is 0. The van der Waals surface area contributed by atoms with Crippen LogP contribution >= 0.6 is 11.8 Å². The van der Waals surface area contributed by atoms with E-state index in [1.54, 1.807) is 6.26 Å². The van der Waals surface area contributed by atoms with Gasteiger partial charge < -0.3 is 14.2 Å². The number of nitrogens with zero attached hydrogens (tertiary/aromatic N) is 5. The first-order chi connectivity index (χ1) is 15.6. The minimum atomic E-state index is -0.280. The van der Waals surface area contributed by atoms with E-state index in [2.05, 4.69) is 32.7 Å². The summed E-state index contributed by atoms with van der Waals surface area (Å²) in [5.41, 5.74) is 2.27. The van der Waals surface area contributed by atoms with Gasteiger partial charge in [-0.3, -0.25) is 9.36 Å². The second kappa shape index (κ2) is 9.02. The van der Waals surface area contributed by atoms with Gasteiger partial charge in [0.05, 0.1) is 18.1 Å². The van der Waals surface area contributed by atoms with E-state index in [1.165, 1.54) is 23.7 Å². The SMILES string of the molecule is C[C@H](Sc1nnc(N2CCCCC2)n1Cc1ccco1)C(=O)N1c2ccccc2C[C@H]1C. The van der Waals surface area contributed by atoms with Gasteiger partial charge in [0.25, 0.3) is 0 Å². The maximum absolute atomic E-state index is 13.5. The summed E-state index contributed by atoms with van der Waals surface area (Å²) in [7, 11) is 0. The number of para-hydroxylation sites is 1. The molecule has 2 atom stereocenters. The Balaban J connectivity index is 1.39. The smallest absolute Gasteiger partial charge is 0.240 e. The molecule has 2 aliphatic rings. The first kappa shape index (κ1) is 21.1. The van der Waals surface area contributed by atoms with Gasteiger partial charge in [-0.1, -0.05) is 30.0 Å². The van der Waals surface area contributed by atoms with Crippen LogP contribution in [0.4, 0.5) is 11.6 Å². The van der Waals surface area contributed by atoms with E-state index in [0.29, 0.717) is 6.54 Å². The van der Waals surface area contributed by atoms with Gasteiger partial charge in [0.2, 0.25) is 11.9 Å². The largest absolute Gasteiger partial charge is 0.467 e. The van der Waals surface area contributed by atoms with Gasteiger partial charge in [-0.25, -0.2) is 0 Å². The molecule has 0 radical (unpaired) electrons. The van der Waals surface area contributed by atoms with Crippen LogP contribution in [0.1, 0.15) is 44.4 Å². The predicted molar refractivity (Wildman–Crippen MR) is 126 cm³/mol. The minimum Gasteiger partial charge on any atom is -0.467 e. The molecule has 1 aromatic carbocycles. The standard InChI is InChI=1S/C24H29N5O2S/c1-17-15-19-9-4-5-11-21(19)29(17)22(30)18(2)32-24-26-25-23(27-12-6-3-7-13-27)28(24)16-20-10-8-14-31-20/h4-5,8-11,14,17-18H,3,6-7,12-13,15-16H2,1-2H3/t17-,18+/m1/s1. The second-order valence-corrected chi connectivity index (χ2v) is 9.95. The topological polar surface area (TPSA) is 67.4 Å². The highest BCUT2D eigenvalue weighted by Gasteiger charge is 2.34. The quantitative estimate of drug-likeness (QED) is 0.519. The molecule has 168 valence electrons. The molecule has 1 fully saturated rings. The number of carbonyl (C=O) groups excluding carboxylic acids is 1. The summed E-state index contributed by atoms with van der Waals surface area (Å²) in [6.45, 7) is 6.60. The van der Waals surface area contributed by atoms with Crippen molar-refractivity contribution >= 4 is 29.3 Å². The number of anilines is 2. The Bertz CT molecular complexity index is 1070. The third kappa shape index (κ3) is 4.03. The van der Waals surface area contributed by atoms with Gasteiger partial charge in [-0.05, 0) is 63.3 Å². The summed E-state index contributed by atoms with van der Waals surface area (Å²) in [5, 5.41) is 9.51. The second-order valence-electron chi connectivity index (χ2n) is 8.65. The van der Waals surface area contributed by atoms with Crippen LogP contribution in [0.25, 0.3) is 0 Å². The normalized spacial score (nSPS) is 19.2. The van der Waals surface area contributed by atoms with E-state index in [9.17, 15) is 4.79 Å². The zero-order valence-electron chi connectivity index (χ0n) is 18.6. The van der Waals surface area contributed by atoms with Crippen LogP contribution in [-0.4, -0.2) is 45.1 Å². The van der Waals surface area contributed by atoms with E-state index in [4.69, 9.17) is 4.42 Å². The van der Waals surface area contributed by atoms with Gasteiger partial charge in [0, 0.05) is 24.8 Å². The molecule has 0 bridgehead atoms. The number of fused-ring (bicyclic) bond motifs is 1. The molecule has 0 spiro atoms. The number of piperidine rings is 1. The van der Waals surface area contributed by atoms with Crippen molar-refractivity contribution in [3.8, 4) is 0 Å². The maximum Gasteiger partial charge on any atom is 0.240 e. The lowest BCUT2D eigenvalue weighted by Gasteiger charge is -2.28. The lowest BCUT2D eigenvalue weighted by molar-refractivity contribution is -0.118. The van der Waals surface area contributed by atoms with Crippen LogP contribution in [-0.2, 0) is 17.8 Å². The summed E-state index contributed by atoms with van der Waals surface area (Å²) < 4.78 is 7.71. The maximum atomic E-state index is 13.5. The molecule has 1 amide bonds. The van der Waals surface area contributed by atoms with Crippen LogP contribution in [0.5, 0.6) is 0 Å². The highest BCUT2D eigenvalue weighted by molar-refractivity contribution is 8.00. The zero-order chi connectivity index (χ0) is 22.1. The Morgan fingerprint density at radius 3 is 2.75 bits per heavy atom. The van der Waals surface area contributed by atoms with Crippen molar-refractivity contribution in [2.75, 3.05) is 22.9 Å². The molecule has 4 heterocycles. The average Bonchev–Trinajstić information content (AvgIpc) is 3.53. The van der Waals surface area contributed by atoms with Crippen molar-refractivity contribution in [2.45, 2.75) is 62.5 Å². The van der Waals surface area contributed by atoms with Gasteiger partial charge in [0.1, 0.15) is 5.76 Å². The Hall–Kier alpha value is -2.74. The molecular weight excluding hydrogens is 422 g/mol. The third-order valence-electron chi connectivity index (χ3n) is 6.30. The molecule has 0 N–H and O–H groups in total. The number of aromatic nitrogens is 3. The molecular formula is C24H29N5O2S.